The van der Waals surface area contributed by atoms with Crippen molar-refractivity contribution in [1.29, 1.82) is 0 Å². The second-order valence-corrected chi connectivity index (χ2v) is 16.4. The lowest BCUT2D eigenvalue weighted by atomic mass is 10.0. The quantitative estimate of drug-likeness (QED) is 0.117. The third kappa shape index (κ3) is 12.4. The number of rotatable bonds is 9. The molecule has 0 spiro atoms. The molecule has 19 heteroatoms. The molecular formula is C38H40F2N8O7S2. The lowest BCUT2D eigenvalue weighted by Crippen LogP contribution is -2.28. The number of carboxylic acids is 1. The summed E-state index contributed by atoms with van der Waals surface area (Å²) in [5.74, 6) is -2.68. The SMILES string of the molecule is Cc1cc([C@@H](C)N)c(F)cc1NS(C)(=O)=O.Cc1cc([C@@H](C)NC(=O)c2cnc3ccccc3n2)c(F)cc1NS(C)(=O)=O.O=C(O)c1cnc2ccccc2n1. The van der Waals surface area contributed by atoms with Crippen LogP contribution in [-0.4, -0.2) is 66.3 Å². The number of hydrogen-bond donors (Lipinski definition) is 5. The first-order chi connectivity index (χ1) is 26.6. The third-order valence-electron chi connectivity index (χ3n) is 7.93. The largest absolute Gasteiger partial charge is 0.476 e. The Hall–Kier alpha value is -6.18. The Morgan fingerprint density at radius 1 is 0.684 bits per heavy atom. The Kier molecular flexibility index (Phi) is 13.9. The lowest BCUT2D eigenvalue weighted by molar-refractivity contribution is 0.0690. The monoisotopic (exact) mass is 822 g/mol. The van der Waals surface area contributed by atoms with Gasteiger partial charge in [-0.3, -0.25) is 24.2 Å². The van der Waals surface area contributed by atoms with E-state index in [0.717, 1.165) is 24.6 Å². The van der Waals surface area contributed by atoms with Gasteiger partial charge in [0.15, 0.2) is 5.69 Å². The Balaban J connectivity index is 0.000000209. The third-order valence-corrected chi connectivity index (χ3v) is 9.11. The topological polar surface area (TPSA) is 236 Å². The van der Waals surface area contributed by atoms with Crippen molar-refractivity contribution in [2.75, 3.05) is 22.0 Å². The van der Waals surface area contributed by atoms with Gasteiger partial charge >= 0.3 is 5.97 Å². The van der Waals surface area contributed by atoms with Gasteiger partial charge in [0, 0.05) is 17.2 Å². The average molecular weight is 823 g/mol. The minimum Gasteiger partial charge on any atom is -0.476 e. The van der Waals surface area contributed by atoms with Crippen molar-refractivity contribution in [2.24, 2.45) is 5.73 Å². The fourth-order valence-corrected chi connectivity index (χ4v) is 6.42. The van der Waals surface area contributed by atoms with Crippen molar-refractivity contribution in [1.82, 2.24) is 25.3 Å². The summed E-state index contributed by atoms with van der Waals surface area (Å²) in [5.41, 5.74) is 10.4. The molecule has 4 aromatic carbocycles. The molecule has 2 atom stereocenters. The van der Waals surface area contributed by atoms with E-state index in [9.17, 15) is 35.2 Å². The molecule has 0 aliphatic heterocycles. The van der Waals surface area contributed by atoms with E-state index >= 15 is 0 Å². The first-order valence-electron chi connectivity index (χ1n) is 16.9. The number of sulfonamides is 2. The van der Waals surface area contributed by atoms with Crippen LogP contribution in [0.5, 0.6) is 0 Å². The maximum absolute atomic E-state index is 14.5. The second-order valence-electron chi connectivity index (χ2n) is 12.9. The van der Waals surface area contributed by atoms with Crippen LogP contribution in [0, 0.1) is 25.5 Å². The van der Waals surface area contributed by atoms with Crippen LogP contribution in [0.15, 0.2) is 85.2 Å². The Morgan fingerprint density at radius 3 is 1.53 bits per heavy atom. The summed E-state index contributed by atoms with van der Waals surface area (Å²) in [7, 11) is -6.92. The van der Waals surface area contributed by atoms with E-state index < -0.39 is 55.6 Å². The fraction of sp³-hybridized carbons (Fsp3) is 0.211. The van der Waals surface area contributed by atoms with Gasteiger partial charge in [0.1, 0.15) is 17.3 Å². The summed E-state index contributed by atoms with van der Waals surface area (Å²) in [6, 6.07) is 18.5. The Bertz CT molecular complexity index is 2680. The summed E-state index contributed by atoms with van der Waals surface area (Å²) >= 11 is 0. The maximum Gasteiger partial charge on any atom is 0.356 e. The normalized spacial score (nSPS) is 12.3. The molecule has 15 nitrogen and oxygen atoms in total. The molecule has 0 saturated heterocycles. The van der Waals surface area contributed by atoms with E-state index in [1.165, 1.54) is 18.5 Å². The number of para-hydroxylation sites is 4. The Morgan fingerprint density at radius 2 is 1.09 bits per heavy atom. The number of aromatic carboxylic acids is 1. The Labute approximate surface area is 327 Å². The van der Waals surface area contributed by atoms with E-state index in [2.05, 4.69) is 34.7 Å². The minimum absolute atomic E-state index is 0.0290. The molecule has 0 unspecified atom stereocenters. The van der Waals surface area contributed by atoms with Gasteiger partial charge in [-0.15, -0.1) is 0 Å². The van der Waals surface area contributed by atoms with Crippen LogP contribution in [0.1, 0.15) is 69.2 Å². The lowest BCUT2D eigenvalue weighted by Gasteiger charge is -2.17. The highest BCUT2D eigenvalue weighted by Crippen LogP contribution is 2.26. The van der Waals surface area contributed by atoms with Crippen molar-refractivity contribution in [2.45, 2.75) is 39.8 Å². The first-order valence-corrected chi connectivity index (χ1v) is 20.7. The number of halogens is 2. The van der Waals surface area contributed by atoms with Gasteiger partial charge in [0.05, 0.1) is 64.4 Å². The van der Waals surface area contributed by atoms with Gasteiger partial charge in [-0.1, -0.05) is 24.3 Å². The van der Waals surface area contributed by atoms with Gasteiger partial charge in [-0.2, -0.15) is 0 Å². The molecule has 6 rings (SSSR count). The molecule has 2 heterocycles. The van der Waals surface area contributed by atoms with Crippen LogP contribution in [0.4, 0.5) is 20.2 Å². The summed E-state index contributed by atoms with van der Waals surface area (Å²) in [6.07, 6.45) is 4.63. The molecule has 0 fully saturated rings. The molecule has 0 bridgehead atoms. The molecule has 6 N–H and O–H groups in total. The van der Waals surface area contributed by atoms with Gasteiger partial charge < -0.3 is 16.2 Å². The predicted octanol–water partition coefficient (Wildman–Crippen LogP) is 5.79. The van der Waals surface area contributed by atoms with E-state index in [-0.39, 0.29) is 28.3 Å². The molecule has 0 aliphatic rings. The van der Waals surface area contributed by atoms with Crippen molar-refractivity contribution in [3.8, 4) is 0 Å². The number of carbonyl (C=O) groups is 2. The zero-order valence-electron chi connectivity index (χ0n) is 31.6. The molecule has 0 radical (unpaired) electrons. The number of aryl methyl sites for hydroxylation is 2. The van der Waals surface area contributed by atoms with Crippen LogP contribution in [0.2, 0.25) is 0 Å². The van der Waals surface area contributed by atoms with E-state index in [1.54, 1.807) is 70.2 Å². The number of carboxylic acid groups (broad SMARTS) is 1. The predicted molar refractivity (Wildman–Crippen MR) is 214 cm³/mol. The van der Waals surface area contributed by atoms with E-state index in [4.69, 9.17) is 10.8 Å². The second kappa shape index (κ2) is 18.2. The summed E-state index contributed by atoms with van der Waals surface area (Å²) in [6.45, 7) is 6.65. The van der Waals surface area contributed by atoms with Crippen LogP contribution in [-0.2, 0) is 20.0 Å². The van der Waals surface area contributed by atoms with Gasteiger partial charge in [0.2, 0.25) is 20.0 Å². The number of fused-ring (bicyclic) bond motifs is 2. The number of hydrogen-bond acceptors (Lipinski definition) is 11. The molecule has 1 amide bonds. The summed E-state index contributed by atoms with van der Waals surface area (Å²) in [4.78, 5) is 39.4. The molecule has 0 aliphatic carbocycles. The first kappa shape index (κ1) is 43.5. The number of carbonyl (C=O) groups excluding carboxylic acids is 1. The molecule has 6 aromatic rings. The maximum atomic E-state index is 14.5. The number of benzene rings is 4. The van der Waals surface area contributed by atoms with Gasteiger partial charge in [0.25, 0.3) is 5.91 Å². The average Bonchev–Trinajstić information content (AvgIpc) is 3.13. The number of amides is 1. The highest BCUT2D eigenvalue weighted by Gasteiger charge is 2.19. The molecular weight excluding hydrogens is 783 g/mol. The zero-order valence-corrected chi connectivity index (χ0v) is 33.2. The fourth-order valence-electron chi connectivity index (χ4n) is 5.18. The number of nitrogens with zero attached hydrogens (tertiary/aromatic N) is 4. The standard InChI is InChI=1S/C19H19FN4O3S.C10H15FN2O2S.C9H6N2O2/c1-11-8-13(14(20)9-17(11)24-28(3,26)27)12(2)22-19(25)18-10-21-15-6-4-5-7-16(15)23-18;1-6-4-8(7(2)12)9(11)5-10(6)13-16(3,14)15;12-9(13)8-5-10-6-3-1-2-4-7(6)11-8/h4-10,12,24H,1-3H3,(H,22,25);4-5,7,13H,12H2,1-3H3;1-5H,(H,12,13)/t12-;7-;/m11./s1. The van der Waals surface area contributed by atoms with E-state index in [0.29, 0.717) is 38.8 Å². The molecule has 57 heavy (non-hydrogen) atoms. The number of aromatic nitrogens is 4. The van der Waals surface area contributed by atoms with Crippen LogP contribution < -0.4 is 20.5 Å². The van der Waals surface area contributed by atoms with Crippen LogP contribution in [0.25, 0.3) is 22.1 Å². The zero-order chi connectivity index (χ0) is 42.2. The molecule has 0 saturated carbocycles. The summed E-state index contributed by atoms with van der Waals surface area (Å²) in [5, 5.41) is 11.3. The highest BCUT2D eigenvalue weighted by molar-refractivity contribution is 7.92. The van der Waals surface area contributed by atoms with Crippen molar-refractivity contribution >= 4 is 65.4 Å². The van der Waals surface area contributed by atoms with E-state index in [1.807, 2.05) is 12.1 Å². The van der Waals surface area contributed by atoms with Crippen molar-refractivity contribution in [3.05, 3.63) is 130 Å². The number of nitrogens with two attached hydrogens (primary N) is 1. The molecule has 300 valence electrons. The van der Waals surface area contributed by atoms with Gasteiger partial charge in [-0.25, -0.2) is 40.4 Å². The van der Waals surface area contributed by atoms with Crippen molar-refractivity contribution < 1.29 is 40.3 Å². The minimum atomic E-state index is -3.52. The smallest absolute Gasteiger partial charge is 0.356 e. The highest BCUT2D eigenvalue weighted by atomic mass is 32.2. The van der Waals surface area contributed by atoms with Crippen molar-refractivity contribution in [3.63, 3.8) is 0 Å². The summed E-state index contributed by atoms with van der Waals surface area (Å²) < 4.78 is 77.4. The van der Waals surface area contributed by atoms with Crippen LogP contribution >= 0.6 is 0 Å². The van der Waals surface area contributed by atoms with Crippen LogP contribution in [0.3, 0.4) is 0 Å². The molecule has 2 aromatic heterocycles. The van der Waals surface area contributed by atoms with Gasteiger partial charge in [-0.05, 0) is 87.4 Å². The number of nitrogens with one attached hydrogen (secondary N) is 3. The number of anilines is 2.